The Morgan fingerprint density at radius 3 is 2.83 bits per heavy atom. The molecule has 0 atom stereocenters. The molecule has 1 aliphatic rings. The van der Waals surface area contributed by atoms with Crippen molar-refractivity contribution >= 4 is 5.69 Å². The van der Waals surface area contributed by atoms with Crippen LogP contribution >= 0.6 is 0 Å². The van der Waals surface area contributed by atoms with Gasteiger partial charge in [0.25, 0.3) is 0 Å². The molecule has 18 heavy (non-hydrogen) atoms. The van der Waals surface area contributed by atoms with E-state index < -0.39 is 0 Å². The Morgan fingerprint density at radius 2 is 2.11 bits per heavy atom. The minimum atomic E-state index is 0.277. The van der Waals surface area contributed by atoms with Gasteiger partial charge >= 0.3 is 0 Å². The molecule has 0 amide bonds. The van der Waals surface area contributed by atoms with E-state index in [9.17, 15) is 0 Å². The van der Waals surface area contributed by atoms with Gasteiger partial charge in [-0.25, -0.2) is 0 Å². The number of hydrogen-bond acceptors (Lipinski definition) is 5. The highest BCUT2D eigenvalue weighted by molar-refractivity contribution is 5.63. The number of hydrogen-bond donors (Lipinski definition) is 1. The summed E-state index contributed by atoms with van der Waals surface area (Å²) in [4.78, 5) is 6.63. The molecule has 0 bridgehead atoms. The zero-order valence-electron chi connectivity index (χ0n) is 10.2. The van der Waals surface area contributed by atoms with Crippen molar-refractivity contribution in [3.63, 3.8) is 0 Å². The summed E-state index contributed by atoms with van der Waals surface area (Å²) in [5.41, 5.74) is 7.67. The van der Waals surface area contributed by atoms with E-state index in [0.29, 0.717) is 11.7 Å². The molecule has 5 nitrogen and oxygen atoms in total. The minimum absolute atomic E-state index is 0.277. The smallest absolute Gasteiger partial charge is 0.240 e. The number of anilines is 1. The van der Waals surface area contributed by atoms with Gasteiger partial charge < -0.3 is 15.2 Å². The van der Waals surface area contributed by atoms with Crippen molar-refractivity contribution in [1.82, 2.24) is 10.1 Å². The van der Waals surface area contributed by atoms with Gasteiger partial charge in [-0.05, 0) is 25.0 Å². The molecule has 1 aromatic heterocycles. The van der Waals surface area contributed by atoms with E-state index in [4.69, 9.17) is 10.3 Å². The first kappa shape index (κ1) is 11.2. The van der Waals surface area contributed by atoms with Gasteiger partial charge in [0, 0.05) is 24.3 Å². The molecule has 1 fully saturated rings. The van der Waals surface area contributed by atoms with Gasteiger partial charge in [0.1, 0.15) is 0 Å². The highest BCUT2D eigenvalue weighted by Gasteiger charge is 2.14. The fraction of sp³-hybridized carbons (Fsp3) is 0.385. The first-order valence-electron chi connectivity index (χ1n) is 6.25. The average molecular weight is 244 g/mol. The molecule has 0 aliphatic carbocycles. The maximum absolute atomic E-state index is 5.47. The minimum Gasteiger partial charge on any atom is -0.372 e. The highest BCUT2D eigenvalue weighted by atomic mass is 16.5. The second-order valence-electron chi connectivity index (χ2n) is 4.46. The third kappa shape index (κ3) is 2.09. The summed E-state index contributed by atoms with van der Waals surface area (Å²) in [7, 11) is 0. The van der Waals surface area contributed by atoms with Crippen LogP contribution in [0.1, 0.15) is 18.7 Å². The summed E-state index contributed by atoms with van der Waals surface area (Å²) in [6.45, 7) is 2.53. The van der Waals surface area contributed by atoms with Crippen molar-refractivity contribution in [2.45, 2.75) is 19.4 Å². The molecule has 2 N–H and O–H groups in total. The SMILES string of the molecule is NCc1nc(-c2cccc(N3CCCC3)c2)no1. The normalized spacial score (nSPS) is 15.3. The fourth-order valence-corrected chi connectivity index (χ4v) is 2.27. The quantitative estimate of drug-likeness (QED) is 0.891. The van der Waals surface area contributed by atoms with Gasteiger partial charge in [-0.15, -0.1) is 0 Å². The molecule has 0 unspecified atom stereocenters. The van der Waals surface area contributed by atoms with E-state index in [2.05, 4.69) is 27.2 Å². The molecule has 1 saturated heterocycles. The Kier molecular flexibility index (Phi) is 2.98. The average Bonchev–Trinajstić information content (AvgIpc) is 3.10. The van der Waals surface area contributed by atoms with Gasteiger partial charge in [-0.1, -0.05) is 17.3 Å². The van der Waals surface area contributed by atoms with Gasteiger partial charge in [0.2, 0.25) is 11.7 Å². The molecule has 94 valence electrons. The zero-order valence-corrected chi connectivity index (χ0v) is 10.2. The summed E-state index contributed by atoms with van der Waals surface area (Å²) in [5, 5.41) is 3.94. The molecule has 0 spiro atoms. The van der Waals surface area contributed by atoms with E-state index in [1.165, 1.54) is 18.5 Å². The molecular weight excluding hydrogens is 228 g/mol. The third-order valence-corrected chi connectivity index (χ3v) is 3.22. The van der Waals surface area contributed by atoms with Crippen LogP contribution < -0.4 is 10.6 Å². The predicted molar refractivity (Wildman–Crippen MR) is 69.1 cm³/mol. The lowest BCUT2D eigenvalue weighted by Crippen LogP contribution is -2.17. The van der Waals surface area contributed by atoms with Crippen molar-refractivity contribution in [1.29, 1.82) is 0 Å². The van der Waals surface area contributed by atoms with Crippen molar-refractivity contribution in [2.24, 2.45) is 5.73 Å². The summed E-state index contributed by atoms with van der Waals surface area (Å²) in [5.74, 6) is 1.08. The van der Waals surface area contributed by atoms with E-state index in [1.807, 2.05) is 12.1 Å². The molecule has 1 aromatic carbocycles. The van der Waals surface area contributed by atoms with E-state index in [0.717, 1.165) is 18.7 Å². The van der Waals surface area contributed by atoms with Crippen molar-refractivity contribution in [2.75, 3.05) is 18.0 Å². The Labute approximate surface area is 106 Å². The van der Waals surface area contributed by atoms with Crippen molar-refractivity contribution in [3.05, 3.63) is 30.2 Å². The summed E-state index contributed by atoms with van der Waals surface area (Å²) < 4.78 is 5.03. The monoisotopic (exact) mass is 244 g/mol. The van der Waals surface area contributed by atoms with Crippen molar-refractivity contribution in [3.8, 4) is 11.4 Å². The molecule has 1 aliphatic heterocycles. The lowest BCUT2D eigenvalue weighted by Gasteiger charge is -2.17. The Morgan fingerprint density at radius 1 is 1.28 bits per heavy atom. The molecule has 5 heteroatoms. The third-order valence-electron chi connectivity index (χ3n) is 3.22. The van der Waals surface area contributed by atoms with E-state index >= 15 is 0 Å². The maximum atomic E-state index is 5.47. The van der Waals surface area contributed by atoms with Crippen LogP contribution in [0.15, 0.2) is 28.8 Å². The van der Waals surface area contributed by atoms with Crippen LogP contribution in [0.2, 0.25) is 0 Å². The second kappa shape index (κ2) is 4.78. The lowest BCUT2D eigenvalue weighted by atomic mass is 10.2. The van der Waals surface area contributed by atoms with Crippen LogP contribution in [0.4, 0.5) is 5.69 Å². The second-order valence-corrected chi connectivity index (χ2v) is 4.46. The van der Waals surface area contributed by atoms with Gasteiger partial charge in [0.15, 0.2) is 0 Å². The Balaban J connectivity index is 1.90. The van der Waals surface area contributed by atoms with Gasteiger partial charge in [-0.2, -0.15) is 4.98 Å². The van der Waals surface area contributed by atoms with Crippen LogP contribution in [0.3, 0.4) is 0 Å². The van der Waals surface area contributed by atoms with Gasteiger partial charge in [0.05, 0.1) is 6.54 Å². The van der Waals surface area contributed by atoms with Crippen LogP contribution in [0.5, 0.6) is 0 Å². The highest BCUT2D eigenvalue weighted by Crippen LogP contribution is 2.25. The summed E-state index contributed by atoms with van der Waals surface area (Å²) in [6.07, 6.45) is 2.54. The van der Waals surface area contributed by atoms with Crippen LogP contribution in [-0.2, 0) is 6.54 Å². The van der Waals surface area contributed by atoms with E-state index in [1.54, 1.807) is 0 Å². The fourth-order valence-electron chi connectivity index (χ4n) is 2.27. The van der Waals surface area contributed by atoms with Crippen LogP contribution in [0.25, 0.3) is 11.4 Å². The molecule has 3 rings (SSSR count). The number of benzene rings is 1. The standard InChI is InChI=1S/C13H16N4O/c14-9-12-15-13(16-18-12)10-4-3-5-11(8-10)17-6-1-2-7-17/h3-5,8H,1-2,6-7,9,14H2. The Bertz CT molecular complexity index is 531. The van der Waals surface area contributed by atoms with E-state index in [-0.39, 0.29) is 6.54 Å². The van der Waals surface area contributed by atoms with Gasteiger partial charge in [-0.3, -0.25) is 0 Å². The predicted octanol–water partition coefficient (Wildman–Crippen LogP) is 1.80. The molecule has 2 aromatic rings. The number of nitrogens with two attached hydrogens (primary N) is 1. The molecule has 0 saturated carbocycles. The molecule has 2 heterocycles. The Hall–Kier alpha value is -1.88. The first-order chi connectivity index (χ1) is 8.86. The first-order valence-corrected chi connectivity index (χ1v) is 6.25. The largest absolute Gasteiger partial charge is 0.372 e. The number of aromatic nitrogens is 2. The zero-order chi connectivity index (χ0) is 12.4. The summed E-state index contributed by atoms with van der Waals surface area (Å²) >= 11 is 0. The number of nitrogens with zero attached hydrogens (tertiary/aromatic N) is 3. The summed E-state index contributed by atoms with van der Waals surface area (Å²) in [6, 6.07) is 8.25. The van der Waals surface area contributed by atoms with Crippen molar-refractivity contribution < 1.29 is 4.52 Å². The topological polar surface area (TPSA) is 68.2 Å². The number of rotatable bonds is 3. The molecular formula is C13H16N4O. The maximum Gasteiger partial charge on any atom is 0.240 e. The lowest BCUT2D eigenvalue weighted by molar-refractivity contribution is 0.380. The van der Waals surface area contributed by atoms with Crippen LogP contribution in [-0.4, -0.2) is 23.2 Å². The van der Waals surface area contributed by atoms with Crippen LogP contribution in [0, 0.1) is 0 Å². The molecule has 0 radical (unpaired) electrons.